The second-order valence-corrected chi connectivity index (χ2v) is 6.43. The normalized spacial score (nSPS) is 14.2. The molecule has 1 atom stereocenters. The Kier molecular flexibility index (Phi) is 9.96. The van der Waals surface area contributed by atoms with Crippen molar-refractivity contribution in [2.75, 3.05) is 6.54 Å². The van der Waals surface area contributed by atoms with E-state index in [-0.39, 0.29) is 6.04 Å². The molecule has 1 heterocycles. The maximum atomic E-state index is 5.80. The van der Waals surface area contributed by atoms with E-state index in [1.54, 1.807) is 6.20 Å². The highest BCUT2D eigenvalue weighted by Crippen LogP contribution is 2.09. The summed E-state index contributed by atoms with van der Waals surface area (Å²) in [5, 5.41) is 6.91. The molecule has 0 fully saturated rings. The van der Waals surface area contributed by atoms with Crippen molar-refractivity contribution in [1.29, 1.82) is 0 Å². The van der Waals surface area contributed by atoms with Gasteiger partial charge in [-0.25, -0.2) is 0 Å². The molecule has 0 aliphatic carbocycles. The smallest absolute Gasteiger partial charge is 0.0573 e. The Labute approximate surface area is 146 Å². The SMILES string of the molecule is CCC/C(CNC(C)C)=N\C(=C/N)CC(C)NCc1ccccn1. The maximum Gasteiger partial charge on any atom is 0.0573 e. The van der Waals surface area contributed by atoms with Gasteiger partial charge < -0.3 is 16.4 Å². The average Bonchev–Trinajstić information content (AvgIpc) is 2.58. The Morgan fingerprint density at radius 2 is 2.08 bits per heavy atom. The van der Waals surface area contributed by atoms with Crippen molar-refractivity contribution in [2.45, 2.75) is 65.6 Å². The third kappa shape index (κ3) is 8.79. The summed E-state index contributed by atoms with van der Waals surface area (Å²) >= 11 is 0. The molecule has 0 aliphatic rings. The number of nitrogens with one attached hydrogen (secondary N) is 2. The predicted octanol–water partition coefficient (Wildman–Crippen LogP) is 2.99. The van der Waals surface area contributed by atoms with Gasteiger partial charge in [0.15, 0.2) is 0 Å². The van der Waals surface area contributed by atoms with Crippen LogP contribution in [0, 0.1) is 0 Å². The average molecular weight is 332 g/mol. The minimum Gasteiger partial charge on any atom is -0.403 e. The van der Waals surface area contributed by atoms with E-state index < -0.39 is 0 Å². The molecule has 0 spiro atoms. The van der Waals surface area contributed by atoms with Crippen LogP contribution in [0.15, 0.2) is 41.3 Å². The van der Waals surface area contributed by atoms with E-state index in [1.807, 2.05) is 24.4 Å². The summed E-state index contributed by atoms with van der Waals surface area (Å²) in [6, 6.07) is 6.69. The van der Waals surface area contributed by atoms with Crippen molar-refractivity contribution in [3.8, 4) is 0 Å². The van der Waals surface area contributed by atoms with Gasteiger partial charge in [0, 0.05) is 49.7 Å². The molecule has 24 heavy (non-hydrogen) atoms. The van der Waals surface area contributed by atoms with E-state index in [0.29, 0.717) is 6.04 Å². The van der Waals surface area contributed by atoms with Crippen molar-refractivity contribution in [1.82, 2.24) is 15.6 Å². The number of aromatic nitrogens is 1. The number of nitrogens with zero attached hydrogens (tertiary/aromatic N) is 2. The quantitative estimate of drug-likeness (QED) is 0.545. The third-order valence-electron chi connectivity index (χ3n) is 3.62. The molecule has 134 valence electrons. The van der Waals surface area contributed by atoms with Gasteiger partial charge in [0.2, 0.25) is 0 Å². The van der Waals surface area contributed by atoms with E-state index in [2.05, 4.69) is 43.3 Å². The number of aliphatic imine (C=N–C) groups is 1. The van der Waals surface area contributed by atoms with Crippen molar-refractivity contribution >= 4 is 5.71 Å². The molecular weight excluding hydrogens is 298 g/mol. The molecular formula is C19H33N5. The highest BCUT2D eigenvalue weighted by Gasteiger charge is 2.07. The number of hydrogen-bond acceptors (Lipinski definition) is 5. The lowest BCUT2D eigenvalue weighted by atomic mass is 10.1. The van der Waals surface area contributed by atoms with Crippen LogP contribution in [0.5, 0.6) is 0 Å². The van der Waals surface area contributed by atoms with Crippen LogP contribution in [0.1, 0.15) is 52.7 Å². The number of hydrogen-bond donors (Lipinski definition) is 3. The van der Waals surface area contributed by atoms with Gasteiger partial charge in [-0.05, 0) is 25.5 Å². The molecule has 5 nitrogen and oxygen atoms in total. The fourth-order valence-electron chi connectivity index (χ4n) is 2.32. The Morgan fingerprint density at radius 3 is 2.67 bits per heavy atom. The van der Waals surface area contributed by atoms with E-state index >= 15 is 0 Å². The number of pyridine rings is 1. The first kappa shape index (κ1) is 20.3. The number of nitrogens with two attached hydrogens (primary N) is 1. The van der Waals surface area contributed by atoms with E-state index in [4.69, 9.17) is 10.7 Å². The van der Waals surface area contributed by atoms with Crippen molar-refractivity contribution in [3.05, 3.63) is 42.0 Å². The van der Waals surface area contributed by atoms with Crippen LogP contribution >= 0.6 is 0 Å². The highest BCUT2D eigenvalue weighted by molar-refractivity contribution is 5.87. The van der Waals surface area contributed by atoms with Crippen LogP contribution in [-0.2, 0) is 6.54 Å². The summed E-state index contributed by atoms with van der Waals surface area (Å²) in [7, 11) is 0. The maximum absolute atomic E-state index is 5.80. The first-order valence-corrected chi connectivity index (χ1v) is 8.89. The minimum atomic E-state index is 0.284. The lowest BCUT2D eigenvalue weighted by Gasteiger charge is -2.15. The summed E-state index contributed by atoms with van der Waals surface area (Å²) < 4.78 is 0. The summed E-state index contributed by atoms with van der Waals surface area (Å²) in [4.78, 5) is 9.11. The van der Waals surface area contributed by atoms with E-state index in [9.17, 15) is 0 Å². The van der Waals surface area contributed by atoms with Crippen molar-refractivity contribution in [2.24, 2.45) is 10.7 Å². The van der Waals surface area contributed by atoms with Gasteiger partial charge in [-0.15, -0.1) is 0 Å². The molecule has 0 bridgehead atoms. The summed E-state index contributed by atoms with van der Waals surface area (Å²) in [6.45, 7) is 10.2. The zero-order chi connectivity index (χ0) is 17.8. The zero-order valence-electron chi connectivity index (χ0n) is 15.5. The number of rotatable bonds is 11. The van der Waals surface area contributed by atoms with Gasteiger partial charge in [0.05, 0.1) is 11.4 Å². The predicted molar refractivity (Wildman–Crippen MR) is 103 cm³/mol. The van der Waals surface area contributed by atoms with Crippen LogP contribution in [-0.4, -0.2) is 29.3 Å². The fraction of sp³-hybridized carbons (Fsp3) is 0.579. The van der Waals surface area contributed by atoms with Crippen LogP contribution in [0.4, 0.5) is 0 Å². The first-order chi connectivity index (χ1) is 11.5. The Hall–Kier alpha value is -1.72. The highest BCUT2D eigenvalue weighted by atomic mass is 14.9. The second kappa shape index (κ2) is 11.8. The lowest BCUT2D eigenvalue weighted by Crippen LogP contribution is -2.30. The van der Waals surface area contributed by atoms with Gasteiger partial charge in [-0.1, -0.05) is 33.3 Å². The monoisotopic (exact) mass is 331 g/mol. The van der Waals surface area contributed by atoms with Crippen molar-refractivity contribution < 1.29 is 0 Å². The van der Waals surface area contributed by atoms with E-state index in [0.717, 1.165) is 43.7 Å². The largest absolute Gasteiger partial charge is 0.403 e. The molecule has 0 aliphatic heterocycles. The summed E-state index contributed by atoms with van der Waals surface area (Å²) in [6.07, 6.45) is 6.33. The molecule has 1 aromatic heterocycles. The Bertz CT molecular complexity index is 508. The molecule has 0 saturated heterocycles. The van der Waals surface area contributed by atoms with Crippen LogP contribution in [0.25, 0.3) is 0 Å². The van der Waals surface area contributed by atoms with Gasteiger partial charge in [0.1, 0.15) is 0 Å². The lowest BCUT2D eigenvalue weighted by molar-refractivity contribution is 0.536. The summed E-state index contributed by atoms with van der Waals surface area (Å²) in [5.74, 6) is 0. The first-order valence-electron chi connectivity index (χ1n) is 8.89. The Morgan fingerprint density at radius 1 is 1.29 bits per heavy atom. The van der Waals surface area contributed by atoms with Crippen LogP contribution in [0.2, 0.25) is 0 Å². The van der Waals surface area contributed by atoms with Gasteiger partial charge >= 0.3 is 0 Å². The zero-order valence-corrected chi connectivity index (χ0v) is 15.5. The van der Waals surface area contributed by atoms with Gasteiger partial charge in [-0.2, -0.15) is 0 Å². The Balaban J connectivity index is 2.55. The molecule has 1 aromatic rings. The van der Waals surface area contributed by atoms with E-state index in [1.165, 1.54) is 5.71 Å². The molecule has 0 amide bonds. The van der Waals surface area contributed by atoms with Gasteiger partial charge in [0.25, 0.3) is 0 Å². The fourth-order valence-corrected chi connectivity index (χ4v) is 2.32. The second-order valence-electron chi connectivity index (χ2n) is 6.43. The molecule has 4 N–H and O–H groups in total. The third-order valence-corrected chi connectivity index (χ3v) is 3.62. The molecule has 5 heteroatoms. The molecule has 0 saturated carbocycles. The van der Waals surface area contributed by atoms with Crippen LogP contribution in [0.3, 0.4) is 0 Å². The van der Waals surface area contributed by atoms with Crippen LogP contribution < -0.4 is 16.4 Å². The molecule has 0 aromatic carbocycles. The topological polar surface area (TPSA) is 75.3 Å². The molecule has 1 unspecified atom stereocenters. The standard InChI is InChI=1S/C19H33N5/c1-5-8-18(14-22-15(2)3)24-19(12-20)11-16(4)23-13-17-9-6-7-10-21-17/h6-7,9-10,12,15-16,22-23H,5,8,11,13-14,20H2,1-4H3/b19-12-,24-18+. The summed E-state index contributed by atoms with van der Waals surface area (Å²) in [5.41, 5.74) is 8.94. The van der Waals surface area contributed by atoms with Gasteiger partial charge in [-0.3, -0.25) is 9.98 Å². The molecule has 1 rings (SSSR count). The van der Waals surface area contributed by atoms with Crippen molar-refractivity contribution in [3.63, 3.8) is 0 Å². The molecule has 0 radical (unpaired) electrons. The minimum absolute atomic E-state index is 0.284.